The Kier molecular flexibility index (Phi) is 4.20. The summed E-state index contributed by atoms with van der Waals surface area (Å²) in [5.74, 6) is 0.686. The molecule has 13 heavy (non-hydrogen) atoms. The lowest BCUT2D eigenvalue weighted by molar-refractivity contribution is -0.0981. The Morgan fingerprint density at radius 2 is 1.77 bits per heavy atom. The predicted octanol–water partition coefficient (Wildman–Crippen LogP) is 2.62. The number of methoxy groups -OCH3 is 2. The Labute approximate surface area is 81.6 Å². The molecule has 1 unspecified atom stereocenters. The van der Waals surface area contributed by atoms with Crippen molar-refractivity contribution in [3.05, 3.63) is 0 Å². The molecule has 0 aliphatic heterocycles. The summed E-state index contributed by atoms with van der Waals surface area (Å²) in [5, 5.41) is 0. The Morgan fingerprint density at radius 3 is 2.23 bits per heavy atom. The lowest BCUT2D eigenvalue weighted by Crippen LogP contribution is -2.42. The summed E-state index contributed by atoms with van der Waals surface area (Å²) in [4.78, 5) is 0. The van der Waals surface area contributed by atoms with Crippen LogP contribution in [-0.4, -0.2) is 26.4 Å². The highest BCUT2D eigenvalue weighted by atomic mass is 16.5. The van der Waals surface area contributed by atoms with Gasteiger partial charge < -0.3 is 9.47 Å². The van der Waals surface area contributed by atoms with Crippen LogP contribution in [0.4, 0.5) is 0 Å². The average molecular weight is 186 g/mol. The highest BCUT2D eigenvalue weighted by molar-refractivity contribution is 4.85. The Hall–Kier alpha value is -0.0800. The smallest absolute Gasteiger partial charge is 0.0910 e. The van der Waals surface area contributed by atoms with E-state index in [-0.39, 0.29) is 5.60 Å². The molecule has 0 radical (unpaired) electrons. The van der Waals surface area contributed by atoms with E-state index in [2.05, 4.69) is 6.92 Å². The summed E-state index contributed by atoms with van der Waals surface area (Å²) < 4.78 is 10.8. The second-order valence-corrected chi connectivity index (χ2v) is 4.28. The number of hydrogen-bond donors (Lipinski definition) is 0. The van der Waals surface area contributed by atoms with Gasteiger partial charge >= 0.3 is 0 Å². The van der Waals surface area contributed by atoms with Gasteiger partial charge in [0.2, 0.25) is 0 Å². The van der Waals surface area contributed by atoms with E-state index in [0.717, 1.165) is 0 Å². The van der Waals surface area contributed by atoms with Gasteiger partial charge in [0.25, 0.3) is 0 Å². The maximum Gasteiger partial charge on any atom is 0.0910 e. The lowest BCUT2D eigenvalue weighted by atomic mass is 9.78. The SMILES string of the molecule is COCC(C)(OC)C1CCCCC1. The zero-order valence-electron chi connectivity index (χ0n) is 9.14. The largest absolute Gasteiger partial charge is 0.382 e. The molecule has 0 amide bonds. The van der Waals surface area contributed by atoms with Gasteiger partial charge in [0.05, 0.1) is 12.2 Å². The summed E-state index contributed by atoms with van der Waals surface area (Å²) in [6.45, 7) is 2.89. The molecule has 0 aromatic rings. The number of ether oxygens (including phenoxy) is 2. The standard InChI is InChI=1S/C11H22O2/c1-11(13-3,9-12-2)10-7-5-4-6-8-10/h10H,4-9H2,1-3H3. The first-order valence-corrected chi connectivity index (χ1v) is 5.27. The minimum atomic E-state index is -0.0603. The van der Waals surface area contributed by atoms with Crippen LogP contribution in [0.5, 0.6) is 0 Å². The van der Waals surface area contributed by atoms with Crippen molar-refractivity contribution in [2.24, 2.45) is 5.92 Å². The van der Waals surface area contributed by atoms with Crippen LogP contribution in [0.15, 0.2) is 0 Å². The van der Waals surface area contributed by atoms with E-state index < -0.39 is 0 Å². The van der Waals surface area contributed by atoms with Gasteiger partial charge in [-0.2, -0.15) is 0 Å². The third kappa shape index (κ3) is 2.68. The molecule has 0 aromatic heterocycles. The Morgan fingerprint density at radius 1 is 1.15 bits per heavy atom. The molecule has 1 aliphatic carbocycles. The van der Waals surface area contributed by atoms with E-state index in [1.807, 2.05) is 0 Å². The molecule has 78 valence electrons. The number of hydrogen-bond acceptors (Lipinski definition) is 2. The van der Waals surface area contributed by atoms with E-state index in [4.69, 9.17) is 9.47 Å². The third-order valence-electron chi connectivity index (χ3n) is 3.37. The normalized spacial score (nSPS) is 24.2. The van der Waals surface area contributed by atoms with Crippen molar-refractivity contribution >= 4 is 0 Å². The van der Waals surface area contributed by atoms with Crippen molar-refractivity contribution in [1.29, 1.82) is 0 Å². The molecule has 1 fully saturated rings. The monoisotopic (exact) mass is 186 g/mol. The lowest BCUT2D eigenvalue weighted by Gasteiger charge is -2.38. The van der Waals surface area contributed by atoms with Gasteiger partial charge in [-0.05, 0) is 25.7 Å². The molecule has 0 bridgehead atoms. The van der Waals surface area contributed by atoms with Gasteiger partial charge in [-0.1, -0.05) is 19.3 Å². The highest BCUT2D eigenvalue weighted by Gasteiger charge is 2.34. The quantitative estimate of drug-likeness (QED) is 0.672. The molecule has 1 saturated carbocycles. The van der Waals surface area contributed by atoms with Crippen LogP contribution in [0, 0.1) is 5.92 Å². The Balaban J connectivity index is 2.51. The first kappa shape index (κ1) is 11.0. The summed E-state index contributed by atoms with van der Waals surface area (Å²) in [6, 6.07) is 0. The van der Waals surface area contributed by atoms with E-state index in [0.29, 0.717) is 12.5 Å². The van der Waals surface area contributed by atoms with E-state index in [9.17, 15) is 0 Å². The molecule has 2 nitrogen and oxygen atoms in total. The van der Waals surface area contributed by atoms with Crippen molar-refractivity contribution in [2.75, 3.05) is 20.8 Å². The van der Waals surface area contributed by atoms with Crippen LogP contribution >= 0.6 is 0 Å². The molecule has 2 heteroatoms. The second kappa shape index (κ2) is 4.97. The van der Waals surface area contributed by atoms with Gasteiger partial charge in [0.1, 0.15) is 0 Å². The molecular weight excluding hydrogens is 164 g/mol. The van der Waals surface area contributed by atoms with Crippen LogP contribution in [0.1, 0.15) is 39.0 Å². The zero-order chi connectivity index (χ0) is 9.73. The van der Waals surface area contributed by atoms with Crippen LogP contribution in [0.3, 0.4) is 0 Å². The predicted molar refractivity (Wildman–Crippen MR) is 53.9 cm³/mol. The van der Waals surface area contributed by atoms with Crippen molar-refractivity contribution in [2.45, 2.75) is 44.6 Å². The first-order valence-electron chi connectivity index (χ1n) is 5.27. The average Bonchev–Trinajstić information content (AvgIpc) is 2.19. The molecule has 0 spiro atoms. The summed E-state index contributed by atoms with van der Waals surface area (Å²) in [7, 11) is 3.55. The van der Waals surface area contributed by atoms with Crippen LogP contribution < -0.4 is 0 Å². The minimum absolute atomic E-state index is 0.0603. The highest BCUT2D eigenvalue weighted by Crippen LogP contribution is 2.34. The molecule has 0 aromatic carbocycles. The molecule has 1 atom stereocenters. The van der Waals surface area contributed by atoms with Gasteiger partial charge in [0, 0.05) is 14.2 Å². The molecule has 1 rings (SSSR count). The van der Waals surface area contributed by atoms with Crippen molar-refractivity contribution < 1.29 is 9.47 Å². The van der Waals surface area contributed by atoms with Gasteiger partial charge in [-0.25, -0.2) is 0 Å². The van der Waals surface area contributed by atoms with Crippen LogP contribution in [0.25, 0.3) is 0 Å². The topological polar surface area (TPSA) is 18.5 Å². The Bertz CT molecular complexity index is 141. The second-order valence-electron chi connectivity index (χ2n) is 4.28. The summed E-state index contributed by atoms with van der Waals surface area (Å²) in [5.41, 5.74) is -0.0603. The number of rotatable bonds is 4. The van der Waals surface area contributed by atoms with Gasteiger partial charge in [0.15, 0.2) is 0 Å². The summed E-state index contributed by atoms with van der Waals surface area (Å²) >= 11 is 0. The fourth-order valence-corrected chi connectivity index (χ4v) is 2.34. The van der Waals surface area contributed by atoms with Crippen molar-refractivity contribution in [3.63, 3.8) is 0 Å². The van der Waals surface area contributed by atoms with E-state index in [1.54, 1.807) is 14.2 Å². The molecule has 0 saturated heterocycles. The van der Waals surface area contributed by atoms with Crippen molar-refractivity contribution in [1.82, 2.24) is 0 Å². The van der Waals surface area contributed by atoms with Crippen molar-refractivity contribution in [3.8, 4) is 0 Å². The first-order chi connectivity index (χ1) is 6.23. The van der Waals surface area contributed by atoms with E-state index in [1.165, 1.54) is 32.1 Å². The van der Waals surface area contributed by atoms with Crippen LogP contribution in [0.2, 0.25) is 0 Å². The molecule has 1 aliphatic rings. The molecule has 0 heterocycles. The van der Waals surface area contributed by atoms with E-state index >= 15 is 0 Å². The molecule has 0 N–H and O–H groups in total. The third-order valence-corrected chi connectivity index (χ3v) is 3.37. The van der Waals surface area contributed by atoms with Gasteiger partial charge in [-0.15, -0.1) is 0 Å². The fourth-order valence-electron chi connectivity index (χ4n) is 2.34. The minimum Gasteiger partial charge on any atom is -0.382 e. The van der Waals surface area contributed by atoms with Gasteiger partial charge in [-0.3, -0.25) is 0 Å². The van der Waals surface area contributed by atoms with Crippen LogP contribution in [-0.2, 0) is 9.47 Å². The summed E-state index contributed by atoms with van der Waals surface area (Å²) in [6.07, 6.45) is 6.70. The molecular formula is C11H22O2. The maximum atomic E-state index is 5.59. The maximum absolute atomic E-state index is 5.59. The fraction of sp³-hybridized carbons (Fsp3) is 1.00. The zero-order valence-corrected chi connectivity index (χ0v) is 9.14.